The van der Waals surface area contributed by atoms with E-state index in [4.69, 9.17) is 4.42 Å². The van der Waals surface area contributed by atoms with Gasteiger partial charge in [-0.25, -0.2) is 4.39 Å². The molecule has 0 spiro atoms. The zero-order valence-corrected chi connectivity index (χ0v) is 18.6. The number of carbonyl (C=O) groups is 1. The van der Waals surface area contributed by atoms with Crippen molar-refractivity contribution in [2.45, 2.75) is 25.8 Å². The average Bonchev–Trinajstić information content (AvgIpc) is 3.34. The molecule has 0 atom stereocenters. The van der Waals surface area contributed by atoms with E-state index in [-0.39, 0.29) is 12.4 Å². The summed E-state index contributed by atoms with van der Waals surface area (Å²) >= 11 is 0. The Kier molecular flexibility index (Phi) is 7.41. The molecule has 8 nitrogen and oxygen atoms in total. The van der Waals surface area contributed by atoms with Gasteiger partial charge in [0.2, 0.25) is 12.3 Å². The molecular weight excluding hydrogens is 449 g/mol. The van der Waals surface area contributed by atoms with Gasteiger partial charge >= 0.3 is 6.43 Å². The molecule has 1 aromatic carbocycles. The summed E-state index contributed by atoms with van der Waals surface area (Å²) in [5.74, 6) is -0.777. The highest BCUT2D eigenvalue weighted by atomic mass is 19.3. The highest BCUT2D eigenvalue weighted by Gasteiger charge is 2.21. The van der Waals surface area contributed by atoms with E-state index in [1.54, 1.807) is 18.2 Å². The van der Waals surface area contributed by atoms with Crippen molar-refractivity contribution in [3.05, 3.63) is 53.9 Å². The Morgan fingerprint density at radius 3 is 2.62 bits per heavy atom. The van der Waals surface area contributed by atoms with E-state index >= 15 is 0 Å². The Balaban J connectivity index is 1.51. The van der Waals surface area contributed by atoms with E-state index in [1.165, 1.54) is 23.2 Å². The SMILES string of the molecule is CN(CC1CCNCC1)c1ccc(F)cc1N(C=O)Cc1ccc(-c2nnc(C(F)F)o2)cn1. The van der Waals surface area contributed by atoms with Crippen molar-refractivity contribution >= 4 is 17.8 Å². The van der Waals surface area contributed by atoms with Gasteiger partial charge in [0.1, 0.15) is 5.82 Å². The maximum absolute atomic E-state index is 14.1. The normalized spacial score (nSPS) is 14.4. The van der Waals surface area contributed by atoms with Crippen molar-refractivity contribution in [1.82, 2.24) is 20.5 Å². The molecule has 1 amide bonds. The molecule has 34 heavy (non-hydrogen) atoms. The lowest BCUT2D eigenvalue weighted by Crippen LogP contribution is -2.35. The van der Waals surface area contributed by atoms with Crippen LogP contribution in [0, 0.1) is 11.7 Å². The molecule has 3 heterocycles. The van der Waals surface area contributed by atoms with Crippen LogP contribution in [0.3, 0.4) is 0 Å². The number of hydrogen-bond acceptors (Lipinski definition) is 7. The first-order chi connectivity index (χ1) is 16.4. The van der Waals surface area contributed by atoms with E-state index in [9.17, 15) is 18.0 Å². The second kappa shape index (κ2) is 10.6. The summed E-state index contributed by atoms with van der Waals surface area (Å²) in [5, 5.41) is 10.2. The third-order valence-corrected chi connectivity index (χ3v) is 5.81. The summed E-state index contributed by atoms with van der Waals surface area (Å²) in [6.45, 7) is 2.84. The minimum atomic E-state index is -2.86. The molecule has 0 bridgehead atoms. The molecule has 2 aromatic heterocycles. The highest BCUT2D eigenvalue weighted by Crippen LogP contribution is 2.31. The number of benzene rings is 1. The smallest absolute Gasteiger partial charge is 0.314 e. The van der Waals surface area contributed by atoms with Gasteiger partial charge in [-0.15, -0.1) is 10.2 Å². The number of halogens is 3. The maximum atomic E-state index is 14.1. The molecule has 1 fully saturated rings. The third kappa shape index (κ3) is 5.53. The number of pyridine rings is 1. The molecular formula is C23H25F3N6O2. The van der Waals surface area contributed by atoms with Crippen LogP contribution < -0.4 is 15.1 Å². The second-order valence-corrected chi connectivity index (χ2v) is 8.22. The van der Waals surface area contributed by atoms with Crippen LogP contribution in [0.2, 0.25) is 0 Å². The largest absolute Gasteiger partial charge is 0.415 e. The lowest BCUT2D eigenvalue weighted by Gasteiger charge is -2.31. The van der Waals surface area contributed by atoms with Crippen LogP contribution >= 0.6 is 0 Å². The van der Waals surface area contributed by atoms with Crippen molar-refractivity contribution in [2.24, 2.45) is 5.92 Å². The first-order valence-electron chi connectivity index (χ1n) is 10.9. The summed E-state index contributed by atoms with van der Waals surface area (Å²) < 4.78 is 44.4. The van der Waals surface area contributed by atoms with E-state index in [0.717, 1.165) is 38.2 Å². The minimum Gasteiger partial charge on any atom is -0.415 e. The van der Waals surface area contributed by atoms with Crippen molar-refractivity contribution in [2.75, 3.05) is 36.5 Å². The third-order valence-electron chi connectivity index (χ3n) is 5.81. The number of aromatic nitrogens is 3. The predicted octanol–water partition coefficient (Wildman–Crippen LogP) is 3.81. The van der Waals surface area contributed by atoms with Crippen LogP contribution in [0.5, 0.6) is 0 Å². The van der Waals surface area contributed by atoms with E-state index in [1.807, 2.05) is 11.9 Å². The fourth-order valence-electron chi connectivity index (χ4n) is 4.04. The van der Waals surface area contributed by atoms with Crippen LogP contribution in [-0.2, 0) is 11.3 Å². The molecule has 0 aliphatic carbocycles. The van der Waals surface area contributed by atoms with Gasteiger partial charge in [-0.05, 0) is 62.2 Å². The Morgan fingerprint density at radius 2 is 1.97 bits per heavy atom. The number of nitrogens with one attached hydrogen (secondary N) is 1. The van der Waals surface area contributed by atoms with Crippen LogP contribution in [0.25, 0.3) is 11.5 Å². The number of nitrogens with zero attached hydrogens (tertiary/aromatic N) is 5. The number of carbonyl (C=O) groups excluding carboxylic acids is 1. The fourth-order valence-corrected chi connectivity index (χ4v) is 4.04. The molecule has 1 N–H and O–H groups in total. The molecule has 11 heteroatoms. The van der Waals surface area contributed by atoms with Gasteiger partial charge in [-0.2, -0.15) is 8.78 Å². The molecule has 0 saturated carbocycles. The van der Waals surface area contributed by atoms with Gasteiger partial charge < -0.3 is 19.5 Å². The predicted molar refractivity (Wildman–Crippen MR) is 120 cm³/mol. The van der Waals surface area contributed by atoms with Gasteiger partial charge in [0, 0.05) is 19.8 Å². The van der Waals surface area contributed by atoms with Crippen LogP contribution in [0.15, 0.2) is 40.9 Å². The van der Waals surface area contributed by atoms with Gasteiger partial charge in [0.05, 0.1) is 29.2 Å². The second-order valence-electron chi connectivity index (χ2n) is 8.22. The average molecular weight is 474 g/mol. The fraction of sp³-hybridized carbons (Fsp3) is 0.391. The molecule has 1 saturated heterocycles. The molecule has 180 valence electrons. The van der Waals surface area contributed by atoms with Gasteiger partial charge in [-0.1, -0.05) is 0 Å². The molecule has 0 unspecified atom stereocenters. The number of anilines is 2. The van der Waals surface area contributed by atoms with E-state index in [0.29, 0.717) is 29.3 Å². The summed E-state index contributed by atoms with van der Waals surface area (Å²) in [5.41, 5.74) is 2.07. The Bertz CT molecular complexity index is 1100. The first-order valence-corrected chi connectivity index (χ1v) is 10.9. The zero-order chi connectivity index (χ0) is 24.1. The molecule has 1 aliphatic rings. The standard InChI is InChI=1S/C23H25F3N6O2/c1-31(12-15-6-8-27-9-7-15)19-5-3-17(24)10-20(19)32(14-33)13-18-4-2-16(11-28-18)22-29-30-23(34-22)21(25)26/h2-5,10-11,14-15,21,27H,6-9,12-13H2,1H3. The Morgan fingerprint density at radius 1 is 1.18 bits per heavy atom. The minimum absolute atomic E-state index is 0.0754. The number of alkyl halides is 2. The van der Waals surface area contributed by atoms with Gasteiger partial charge in [-0.3, -0.25) is 9.78 Å². The lowest BCUT2D eigenvalue weighted by molar-refractivity contribution is -0.107. The van der Waals surface area contributed by atoms with Gasteiger partial charge in [0.25, 0.3) is 5.89 Å². The highest BCUT2D eigenvalue weighted by molar-refractivity contribution is 5.84. The zero-order valence-electron chi connectivity index (χ0n) is 18.6. The number of piperidine rings is 1. The molecule has 4 rings (SSSR count). The topological polar surface area (TPSA) is 87.4 Å². The summed E-state index contributed by atoms with van der Waals surface area (Å²) in [4.78, 5) is 19.7. The van der Waals surface area contributed by atoms with Crippen LogP contribution in [0.4, 0.5) is 24.5 Å². The Labute approximate surface area is 194 Å². The van der Waals surface area contributed by atoms with Crippen molar-refractivity contribution in [3.8, 4) is 11.5 Å². The summed E-state index contributed by atoms with van der Waals surface area (Å²) in [6.07, 6.45) is 1.31. The number of amides is 1. The first kappa shape index (κ1) is 23.7. The monoisotopic (exact) mass is 474 g/mol. The quantitative estimate of drug-likeness (QED) is 0.472. The molecule has 1 aliphatic heterocycles. The molecule has 3 aromatic rings. The van der Waals surface area contributed by atoms with Gasteiger partial charge in [0.15, 0.2) is 0 Å². The molecule has 0 radical (unpaired) electrons. The van der Waals surface area contributed by atoms with E-state index in [2.05, 4.69) is 20.5 Å². The van der Waals surface area contributed by atoms with E-state index < -0.39 is 18.1 Å². The summed E-state index contributed by atoms with van der Waals surface area (Å²) in [7, 11) is 1.94. The number of hydrogen-bond donors (Lipinski definition) is 1. The van der Waals surface area contributed by atoms with Crippen LogP contribution in [-0.4, -0.2) is 48.3 Å². The summed E-state index contributed by atoms with van der Waals surface area (Å²) in [6, 6.07) is 7.60. The number of rotatable bonds is 9. The Hall–Kier alpha value is -3.47. The maximum Gasteiger partial charge on any atom is 0.314 e. The lowest BCUT2D eigenvalue weighted by atomic mass is 9.97. The van der Waals surface area contributed by atoms with Crippen molar-refractivity contribution in [1.29, 1.82) is 0 Å². The van der Waals surface area contributed by atoms with Crippen molar-refractivity contribution < 1.29 is 22.4 Å². The van der Waals surface area contributed by atoms with Crippen LogP contribution in [0.1, 0.15) is 30.9 Å². The van der Waals surface area contributed by atoms with Crippen molar-refractivity contribution in [3.63, 3.8) is 0 Å².